The van der Waals surface area contributed by atoms with Crippen LogP contribution in [0, 0.1) is 11.3 Å². The molecule has 0 radical (unpaired) electrons. The Morgan fingerprint density at radius 1 is 1.19 bits per heavy atom. The van der Waals surface area contributed by atoms with E-state index in [1.807, 2.05) is 55.1 Å². The Kier molecular flexibility index (Phi) is 5.18. The van der Waals surface area contributed by atoms with Gasteiger partial charge in [-0.05, 0) is 43.5 Å². The molecule has 1 aliphatic carbocycles. The van der Waals surface area contributed by atoms with E-state index >= 15 is 0 Å². The summed E-state index contributed by atoms with van der Waals surface area (Å²) in [7, 11) is 0. The van der Waals surface area contributed by atoms with Crippen molar-refractivity contribution in [2.75, 3.05) is 0 Å². The second kappa shape index (κ2) is 7.53. The van der Waals surface area contributed by atoms with Crippen LogP contribution in [-0.2, 0) is 11.3 Å². The number of benzene rings is 2. The maximum atomic E-state index is 13.3. The molecule has 0 N–H and O–H groups in total. The zero-order chi connectivity index (χ0) is 18.7. The molecular formula is C22H22N2O2. The number of carbonyl (C=O) groups excluding carboxylic acids is 2. The monoisotopic (exact) mass is 346 g/mol. The predicted molar refractivity (Wildman–Crippen MR) is 99.6 cm³/mol. The maximum Gasteiger partial charge on any atom is 0.230 e. The van der Waals surface area contributed by atoms with E-state index in [4.69, 9.17) is 5.26 Å². The summed E-state index contributed by atoms with van der Waals surface area (Å²) in [5.41, 5.74) is 3.13. The van der Waals surface area contributed by atoms with Crippen molar-refractivity contribution in [3.05, 3.63) is 70.8 Å². The molecule has 1 aliphatic rings. The Labute approximate surface area is 154 Å². The Balaban J connectivity index is 1.86. The van der Waals surface area contributed by atoms with E-state index in [0.29, 0.717) is 30.5 Å². The molecule has 0 aliphatic heterocycles. The Hall–Kier alpha value is -2.93. The molecule has 0 aromatic heterocycles. The Bertz CT molecular complexity index is 862. The summed E-state index contributed by atoms with van der Waals surface area (Å²) in [5, 5.41) is 8.93. The zero-order valence-electron chi connectivity index (χ0n) is 15.1. The SMILES string of the molecule is CC(C)N(Cc1ccc(C#N)cc1)C(=O)[C@@H]1CCC(=O)c2ccccc21. The van der Waals surface area contributed by atoms with E-state index in [-0.39, 0.29) is 23.7 Å². The molecule has 1 atom stereocenters. The van der Waals surface area contributed by atoms with Crippen molar-refractivity contribution in [3.63, 3.8) is 0 Å². The fourth-order valence-corrected chi connectivity index (χ4v) is 3.47. The summed E-state index contributed by atoms with van der Waals surface area (Å²) in [6, 6.07) is 16.9. The molecule has 1 amide bonds. The molecular weight excluding hydrogens is 324 g/mol. The van der Waals surface area contributed by atoms with Crippen molar-refractivity contribution in [2.45, 2.75) is 45.2 Å². The number of ketones is 1. The topological polar surface area (TPSA) is 61.2 Å². The fourth-order valence-electron chi connectivity index (χ4n) is 3.47. The maximum absolute atomic E-state index is 13.3. The lowest BCUT2D eigenvalue weighted by Gasteiger charge is -2.33. The normalized spacial score (nSPS) is 16.1. The minimum atomic E-state index is -0.273. The van der Waals surface area contributed by atoms with Gasteiger partial charge in [-0.25, -0.2) is 0 Å². The van der Waals surface area contributed by atoms with E-state index in [1.165, 1.54) is 0 Å². The van der Waals surface area contributed by atoms with Gasteiger partial charge in [0.25, 0.3) is 0 Å². The predicted octanol–water partition coefficient (Wildman–Crippen LogP) is 4.06. The molecule has 2 aromatic rings. The molecule has 4 heteroatoms. The zero-order valence-corrected chi connectivity index (χ0v) is 15.1. The van der Waals surface area contributed by atoms with Gasteiger partial charge in [-0.3, -0.25) is 9.59 Å². The highest BCUT2D eigenvalue weighted by Gasteiger charge is 2.33. The standard InChI is InChI=1S/C22H22N2O2/c1-15(2)24(14-17-9-7-16(13-23)8-10-17)22(26)20-11-12-21(25)19-6-4-3-5-18(19)20/h3-10,15,20H,11-12,14H2,1-2H3/t20-/m1/s1. The molecule has 0 unspecified atom stereocenters. The van der Waals surface area contributed by atoms with Crippen LogP contribution in [0.4, 0.5) is 0 Å². The number of hydrogen-bond donors (Lipinski definition) is 0. The number of amides is 1. The molecule has 2 aromatic carbocycles. The fraction of sp³-hybridized carbons (Fsp3) is 0.318. The first-order valence-electron chi connectivity index (χ1n) is 8.93. The van der Waals surface area contributed by atoms with Crippen LogP contribution in [-0.4, -0.2) is 22.6 Å². The van der Waals surface area contributed by atoms with Gasteiger partial charge in [0.15, 0.2) is 5.78 Å². The van der Waals surface area contributed by atoms with E-state index < -0.39 is 0 Å². The quantitative estimate of drug-likeness (QED) is 0.839. The van der Waals surface area contributed by atoms with Gasteiger partial charge in [-0.1, -0.05) is 36.4 Å². The van der Waals surface area contributed by atoms with Crippen molar-refractivity contribution < 1.29 is 9.59 Å². The molecule has 0 saturated heterocycles. The Morgan fingerprint density at radius 2 is 1.88 bits per heavy atom. The van der Waals surface area contributed by atoms with Gasteiger partial charge in [0.05, 0.1) is 17.6 Å². The van der Waals surface area contributed by atoms with Gasteiger partial charge >= 0.3 is 0 Å². The molecule has 0 spiro atoms. The molecule has 0 saturated carbocycles. The number of rotatable bonds is 4. The lowest BCUT2D eigenvalue weighted by atomic mass is 9.81. The first-order chi connectivity index (χ1) is 12.5. The third-order valence-corrected chi connectivity index (χ3v) is 4.94. The van der Waals surface area contributed by atoms with Crippen LogP contribution in [0.15, 0.2) is 48.5 Å². The van der Waals surface area contributed by atoms with E-state index in [0.717, 1.165) is 11.1 Å². The van der Waals surface area contributed by atoms with E-state index in [2.05, 4.69) is 6.07 Å². The van der Waals surface area contributed by atoms with Crippen LogP contribution in [0.5, 0.6) is 0 Å². The number of carbonyl (C=O) groups is 2. The summed E-state index contributed by atoms with van der Waals surface area (Å²) >= 11 is 0. The number of nitrogens with zero attached hydrogens (tertiary/aromatic N) is 2. The van der Waals surface area contributed by atoms with Crippen molar-refractivity contribution in [3.8, 4) is 6.07 Å². The number of nitriles is 1. The van der Waals surface area contributed by atoms with Crippen LogP contribution in [0.25, 0.3) is 0 Å². The first-order valence-corrected chi connectivity index (χ1v) is 8.93. The number of fused-ring (bicyclic) bond motifs is 1. The molecule has 26 heavy (non-hydrogen) atoms. The van der Waals surface area contributed by atoms with Gasteiger partial charge < -0.3 is 4.90 Å². The summed E-state index contributed by atoms with van der Waals surface area (Å²) in [5.74, 6) is -0.0955. The summed E-state index contributed by atoms with van der Waals surface area (Å²) < 4.78 is 0. The number of Topliss-reactive ketones (excluding diaryl/α,β-unsaturated/α-hetero) is 1. The van der Waals surface area contributed by atoms with Gasteiger partial charge in [0.1, 0.15) is 0 Å². The van der Waals surface area contributed by atoms with Crippen LogP contribution in [0.3, 0.4) is 0 Å². The smallest absolute Gasteiger partial charge is 0.230 e. The second-order valence-electron chi connectivity index (χ2n) is 6.97. The van der Waals surface area contributed by atoms with Crippen molar-refractivity contribution in [1.82, 2.24) is 4.90 Å². The van der Waals surface area contributed by atoms with Crippen molar-refractivity contribution in [1.29, 1.82) is 5.26 Å². The average molecular weight is 346 g/mol. The van der Waals surface area contributed by atoms with Crippen LogP contribution in [0.1, 0.15) is 59.7 Å². The largest absolute Gasteiger partial charge is 0.335 e. The third kappa shape index (κ3) is 3.52. The van der Waals surface area contributed by atoms with Gasteiger partial charge in [0, 0.05) is 24.6 Å². The molecule has 0 bridgehead atoms. The third-order valence-electron chi connectivity index (χ3n) is 4.94. The summed E-state index contributed by atoms with van der Waals surface area (Å²) in [4.78, 5) is 27.3. The summed E-state index contributed by atoms with van der Waals surface area (Å²) in [6.07, 6.45) is 0.974. The van der Waals surface area contributed by atoms with Gasteiger partial charge in [-0.2, -0.15) is 5.26 Å². The minimum Gasteiger partial charge on any atom is -0.335 e. The van der Waals surface area contributed by atoms with Crippen LogP contribution >= 0.6 is 0 Å². The average Bonchev–Trinajstić information content (AvgIpc) is 2.66. The second-order valence-corrected chi connectivity index (χ2v) is 6.97. The van der Waals surface area contributed by atoms with Gasteiger partial charge in [-0.15, -0.1) is 0 Å². The molecule has 0 heterocycles. The van der Waals surface area contributed by atoms with E-state index in [9.17, 15) is 9.59 Å². The van der Waals surface area contributed by atoms with Gasteiger partial charge in [0.2, 0.25) is 5.91 Å². The highest BCUT2D eigenvalue weighted by atomic mass is 16.2. The summed E-state index contributed by atoms with van der Waals surface area (Å²) in [6.45, 7) is 4.50. The molecule has 0 fully saturated rings. The molecule has 4 nitrogen and oxygen atoms in total. The van der Waals surface area contributed by atoms with Crippen molar-refractivity contribution >= 4 is 11.7 Å². The lowest BCUT2D eigenvalue weighted by Crippen LogP contribution is -2.40. The highest BCUT2D eigenvalue weighted by molar-refractivity contribution is 6.01. The molecule has 132 valence electrons. The van der Waals surface area contributed by atoms with Crippen molar-refractivity contribution in [2.24, 2.45) is 0 Å². The van der Waals surface area contributed by atoms with E-state index in [1.54, 1.807) is 12.1 Å². The first kappa shape index (κ1) is 17.9. The highest BCUT2D eigenvalue weighted by Crippen LogP contribution is 2.33. The molecule has 3 rings (SSSR count). The lowest BCUT2D eigenvalue weighted by molar-refractivity contribution is -0.135. The Morgan fingerprint density at radius 3 is 2.54 bits per heavy atom. The van der Waals surface area contributed by atoms with Crippen LogP contribution in [0.2, 0.25) is 0 Å². The number of hydrogen-bond acceptors (Lipinski definition) is 3. The minimum absolute atomic E-state index is 0.0444. The van der Waals surface area contributed by atoms with Crippen LogP contribution < -0.4 is 0 Å².